The van der Waals surface area contributed by atoms with Gasteiger partial charge in [-0.3, -0.25) is 4.79 Å². The summed E-state index contributed by atoms with van der Waals surface area (Å²) < 4.78 is 83.0. The SMILES string of the molecule is COC(=O)[C@@H](Cc1ccc(C(C)(C)C)cc1)NC(=O)Cc1cc(C(F)(F)F)cc(C(F)(F)F)c1. The number of amides is 1. The third-order valence-electron chi connectivity index (χ3n) is 5.09. The van der Waals surface area contributed by atoms with Crippen LogP contribution in [0.25, 0.3) is 0 Å². The van der Waals surface area contributed by atoms with E-state index < -0.39 is 53.4 Å². The summed E-state index contributed by atoms with van der Waals surface area (Å²) in [4.78, 5) is 24.6. The van der Waals surface area contributed by atoms with Gasteiger partial charge in [0, 0.05) is 6.42 Å². The first-order valence-electron chi connectivity index (χ1n) is 10.3. The molecule has 0 saturated carbocycles. The third kappa shape index (κ3) is 7.50. The van der Waals surface area contributed by atoms with Gasteiger partial charge in [-0.15, -0.1) is 0 Å². The van der Waals surface area contributed by atoms with E-state index in [4.69, 9.17) is 4.74 Å². The fourth-order valence-corrected chi connectivity index (χ4v) is 3.26. The lowest BCUT2D eigenvalue weighted by molar-refractivity contribution is -0.145. The summed E-state index contributed by atoms with van der Waals surface area (Å²) in [6, 6.07) is 7.04. The van der Waals surface area contributed by atoms with Gasteiger partial charge in [0.2, 0.25) is 5.91 Å². The number of halogens is 6. The Balaban J connectivity index is 2.23. The van der Waals surface area contributed by atoms with E-state index in [0.29, 0.717) is 17.7 Å². The summed E-state index contributed by atoms with van der Waals surface area (Å²) in [7, 11) is 1.10. The fraction of sp³-hybridized carbons (Fsp3) is 0.417. The molecule has 1 N–H and O–H groups in total. The molecule has 0 bridgehead atoms. The van der Waals surface area contributed by atoms with Crippen molar-refractivity contribution in [2.24, 2.45) is 0 Å². The van der Waals surface area contributed by atoms with Crippen molar-refractivity contribution in [2.45, 2.75) is 57.4 Å². The summed E-state index contributed by atoms with van der Waals surface area (Å²) in [5.41, 5.74) is -1.91. The molecule has 0 spiro atoms. The average molecular weight is 489 g/mol. The topological polar surface area (TPSA) is 55.4 Å². The molecule has 2 rings (SSSR count). The molecule has 0 unspecified atom stereocenters. The molecule has 2 aromatic carbocycles. The number of carbonyl (C=O) groups is 2. The van der Waals surface area contributed by atoms with E-state index >= 15 is 0 Å². The Morgan fingerprint density at radius 1 is 0.824 bits per heavy atom. The molecule has 186 valence electrons. The number of alkyl halides is 6. The van der Waals surface area contributed by atoms with E-state index in [9.17, 15) is 35.9 Å². The van der Waals surface area contributed by atoms with Crippen molar-refractivity contribution < 1.29 is 40.7 Å². The van der Waals surface area contributed by atoms with Crippen LogP contribution in [0.15, 0.2) is 42.5 Å². The summed E-state index contributed by atoms with van der Waals surface area (Å²) in [5.74, 6) is -1.72. The second-order valence-corrected chi connectivity index (χ2v) is 8.89. The number of hydrogen-bond donors (Lipinski definition) is 1. The van der Waals surface area contributed by atoms with Crippen LogP contribution in [-0.4, -0.2) is 25.0 Å². The molecule has 0 fully saturated rings. The lowest BCUT2D eigenvalue weighted by atomic mass is 9.86. The van der Waals surface area contributed by atoms with E-state index in [-0.39, 0.29) is 17.9 Å². The molecule has 0 saturated heterocycles. The van der Waals surface area contributed by atoms with Gasteiger partial charge >= 0.3 is 18.3 Å². The van der Waals surface area contributed by atoms with E-state index in [2.05, 4.69) is 5.32 Å². The zero-order valence-electron chi connectivity index (χ0n) is 19.0. The van der Waals surface area contributed by atoms with Crippen LogP contribution >= 0.6 is 0 Å². The van der Waals surface area contributed by atoms with Gasteiger partial charge in [0.25, 0.3) is 0 Å². The lowest BCUT2D eigenvalue weighted by Crippen LogP contribution is -2.43. The van der Waals surface area contributed by atoms with Crippen LogP contribution < -0.4 is 5.32 Å². The number of carbonyl (C=O) groups excluding carboxylic acids is 2. The van der Waals surface area contributed by atoms with Gasteiger partial charge in [0.1, 0.15) is 6.04 Å². The summed E-state index contributed by atoms with van der Waals surface area (Å²) in [6.45, 7) is 6.08. The fourth-order valence-electron chi connectivity index (χ4n) is 3.26. The quantitative estimate of drug-likeness (QED) is 0.433. The highest BCUT2D eigenvalue weighted by atomic mass is 19.4. The number of rotatable bonds is 6. The molecule has 34 heavy (non-hydrogen) atoms. The van der Waals surface area contributed by atoms with E-state index in [1.165, 1.54) is 0 Å². The van der Waals surface area contributed by atoms with Gasteiger partial charge < -0.3 is 10.1 Å². The predicted octanol–water partition coefficient (Wildman–Crippen LogP) is 5.46. The molecule has 4 nitrogen and oxygen atoms in total. The Labute approximate surface area is 193 Å². The molecular weight excluding hydrogens is 464 g/mol. The number of hydrogen-bond acceptors (Lipinski definition) is 3. The van der Waals surface area contributed by atoms with Crippen LogP contribution in [0.2, 0.25) is 0 Å². The number of nitrogens with one attached hydrogen (secondary N) is 1. The molecule has 0 radical (unpaired) electrons. The molecular formula is C24H25F6NO3. The van der Waals surface area contributed by atoms with E-state index in [1.54, 1.807) is 12.1 Å². The number of esters is 1. The largest absolute Gasteiger partial charge is 0.467 e. The second-order valence-electron chi connectivity index (χ2n) is 8.89. The Kier molecular flexibility index (Phi) is 8.06. The minimum Gasteiger partial charge on any atom is -0.467 e. The molecule has 1 amide bonds. The Morgan fingerprint density at radius 2 is 1.32 bits per heavy atom. The Hall–Kier alpha value is -3.04. The monoisotopic (exact) mass is 489 g/mol. The number of benzene rings is 2. The molecule has 10 heteroatoms. The van der Waals surface area contributed by atoms with Crippen LogP contribution in [0.1, 0.15) is 48.6 Å². The molecule has 0 aromatic heterocycles. The van der Waals surface area contributed by atoms with E-state index in [0.717, 1.165) is 12.7 Å². The Morgan fingerprint density at radius 3 is 1.74 bits per heavy atom. The molecule has 1 atom stereocenters. The summed E-state index contributed by atoms with van der Waals surface area (Å²) in [5, 5.41) is 2.35. The van der Waals surface area contributed by atoms with Crippen LogP contribution in [0.5, 0.6) is 0 Å². The molecule has 0 aliphatic rings. The van der Waals surface area contributed by atoms with Crippen LogP contribution in [-0.2, 0) is 44.9 Å². The zero-order valence-corrected chi connectivity index (χ0v) is 19.0. The van der Waals surface area contributed by atoms with Crippen molar-refractivity contribution in [1.29, 1.82) is 0 Å². The molecule has 0 aliphatic carbocycles. The molecule has 0 aliphatic heterocycles. The predicted molar refractivity (Wildman–Crippen MR) is 113 cm³/mol. The number of ether oxygens (including phenoxy) is 1. The van der Waals surface area contributed by atoms with Crippen LogP contribution in [0.3, 0.4) is 0 Å². The third-order valence-corrected chi connectivity index (χ3v) is 5.09. The van der Waals surface area contributed by atoms with Crippen molar-refractivity contribution in [3.05, 3.63) is 70.3 Å². The van der Waals surface area contributed by atoms with Crippen LogP contribution in [0.4, 0.5) is 26.3 Å². The van der Waals surface area contributed by atoms with Gasteiger partial charge in [0.05, 0.1) is 24.7 Å². The minimum atomic E-state index is -5.03. The van der Waals surface area contributed by atoms with Gasteiger partial charge in [-0.25, -0.2) is 4.79 Å². The highest BCUT2D eigenvalue weighted by molar-refractivity contribution is 5.85. The van der Waals surface area contributed by atoms with Crippen molar-refractivity contribution in [2.75, 3.05) is 7.11 Å². The van der Waals surface area contributed by atoms with Crippen molar-refractivity contribution >= 4 is 11.9 Å². The summed E-state index contributed by atoms with van der Waals surface area (Å²) >= 11 is 0. The molecule has 0 heterocycles. The smallest absolute Gasteiger partial charge is 0.416 e. The van der Waals surface area contributed by atoms with Crippen molar-refractivity contribution in [3.8, 4) is 0 Å². The van der Waals surface area contributed by atoms with Gasteiger partial charge in [0.15, 0.2) is 0 Å². The normalized spacial score (nSPS) is 13.4. The van der Waals surface area contributed by atoms with Crippen molar-refractivity contribution in [1.82, 2.24) is 5.32 Å². The first-order valence-corrected chi connectivity index (χ1v) is 10.3. The molecule has 2 aromatic rings. The Bertz CT molecular complexity index is 989. The maximum absolute atomic E-state index is 13.1. The summed E-state index contributed by atoms with van der Waals surface area (Å²) in [6.07, 6.45) is -10.8. The first-order chi connectivity index (χ1) is 15.5. The first kappa shape index (κ1) is 27.2. The maximum Gasteiger partial charge on any atom is 0.416 e. The highest BCUT2D eigenvalue weighted by Gasteiger charge is 2.37. The average Bonchev–Trinajstić information content (AvgIpc) is 2.70. The van der Waals surface area contributed by atoms with Gasteiger partial charge in [-0.2, -0.15) is 26.3 Å². The van der Waals surface area contributed by atoms with Crippen molar-refractivity contribution in [3.63, 3.8) is 0 Å². The highest BCUT2D eigenvalue weighted by Crippen LogP contribution is 2.36. The minimum absolute atomic E-state index is 0.0140. The lowest BCUT2D eigenvalue weighted by Gasteiger charge is -2.20. The van der Waals surface area contributed by atoms with E-state index in [1.807, 2.05) is 32.9 Å². The standard InChI is InChI=1S/C24H25F6NO3/c1-22(2,3)16-7-5-14(6-8-16)11-19(21(33)34-4)31-20(32)12-15-9-17(23(25,26)27)13-18(10-15)24(28,29)30/h5-10,13,19H,11-12H2,1-4H3,(H,31,32)/t19-/m1/s1. The maximum atomic E-state index is 13.1. The zero-order chi connectivity index (χ0) is 25.9. The number of methoxy groups -OCH3 is 1. The van der Waals surface area contributed by atoms with Gasteiger partial charge in [-0.05, 0) is 40.3 Å². The van der Waals surface area contributed by atoms with Crippen LogP contribution in [0, 0.1) is 0 Å². The second kappa shape index (κ2) is 10.1. The van der Waals surface area contributed by atoms with Gasteiger partial charge in [-0.1, -0.05) is 45.0 Å².